The van der Waals surface area contributed by atoms with Gasteiger partial charge in [0, 0.05) is 11.3 Å². The molecule has 1 aliphatic rings. The quantitative estimate of drug-likeness (QED) is 0.534. The molecular weight excluding hydrogens is 140 g/mol. The third-order valence-corrected chi connectivity index (χ3v) is 1.85. The van der Waals surface area contributed by atoms with E-state index in [0.717, 1.165) is 17.0 Å². The molecule has 0 aliphatic carbocycles. The largest absolute Gasteiger partial charge is 0.491 e. The maximum absolute atomic E-state index is 5.73. The van der Waals surface area contributed by atoms with E-state index < -0.39 is 0 Å². The van der Waals surface area contributed by atoms with Crippen molar-refractivity contribution in [2.75, 3.05) is 12.3 Å². The maximum atomic E-state index is 5.73. The Kier molecular flexibility index (Phi) is 1.26. The van der Waals surface area contributed by atoms with Crippen LogP contribution in [-0.2, 0) is 0 Å². The van der Waals surface area contributed by atoms with Crippen molar-refractivity contribution in [1.29, 1.82) is 0 Å². The highest BCUT2D eigenvalue weighted by atomic mass is 16.5. The molecule has 0 aromatic heterocycles. The number of anilines is 1. The van der Waals surface area contributed by atoms with Gasteiger partial charge in [0.1, 0.15) is 12.4 Å². The third kappa shape index (κ3) is 0.935. The number of ether oxygens (including phenoxy) is 1. The van der Waals surface area contributed by atoms with Crippen molar-refractivity contribution in [2.45, 2.75) is 6.04 Å². The molecule has 0 radical (unpaired) electrons. The molecule has 2 rings (SSSR count). The summed E-state index contributed by atoms with van der Waals surface area (Å²) in [6, 6.07) is 5.54. The fourth-order valence-electron chi connectivity index (χ4n) is 1.26. The van der Waals surface area contributed by atoms with Gasteiger partial charge in [-0.25, -0.2) is 0 Å². The predicted octanol–water partition coefficient (Wildman–Crippen LogP) is 0.661. The van der Waals surface area contributed by atoms with Gasteiger partial charge >= 0.3 is 0 Å². The van der Waals surface area contributed by atoms with Gasteiger partial charge in [-0.1, -0.05) is 0 Å². The summed E-state index contributed by atoms with van der Waals surface area (Å²) in [5.41, 5.74) is 13.1. The van der Waals surface area contributed by atoms with Gasteiger partial charge in [0.05, 0.1) is 6.04 Å². The molecule has 58 valence electrons. The van der Waals surface area contributed by atoms with Gasteiger partial charge in [0.25, 0.3) is 0 Å². The van der Waals surface area contributed by atoms with Crippen LogP contribution in [0, 0.1) is 0 Å². The molecule has 1 aromatic carbocycles. The van der Waals surface area contributed by atoms with Gasteiger partial charge in [0.2, 0.25) is 0 Å². The Labute approximate surface area is 64.9 Å². The van der Waals surface area contributed by atoms with Crippen LogP contribution in [0.3, 0.4) is 0 Å². The highest BCUT2D eigenvalue weighted by Gasteiger charge is 2.19. The monoisotopic (exact) mass is 150 g/mol. The summed E-state index contributed by atoms with van der Waals surface area (Å²) in [5.74, 6) is 0.867. The van der Waals surface area contributed by atoms with E-state index in [1.54, 1.807) is 0 Å². The summed E-state index contributed by atoms with van der Waals surface area (Å²) in [4.78, 5) is 0. The average molecular weight is 150 g/mol. The van der Waals surface area contributed by atoms with Crippen LogP contribution in [-0.4, -0.2) is 6.61 Å². The molecule has 0 saturated heterocycles. The number of hydrogen-bond acceptors (Lipinski definition) is 3. The molecule has 0 bridgehead atoms. The first kappa shape index (κ1) is 6.49. The Hall–Kier alpha value is -1.22. The molecule has 0 saturated carbocycles. The summed E-state index contributed by atoms with van der Waals surface area (Å²) in [6.07, 6.45) is 0. The van der Waals surface area contributed by atoms with Crippen LogP contribution >= 0.6 is 0 Å². The second-order valence-electron chi connectivity index (χ2n) is 2.71. The Morgan fingerprint density at radius 2 is 2.27 bits per heavy atom. The molecule has 3 heteroatoms. The number of nitrogens with two attached hydrogens (primary N) is 2. The molecule has 0 fully saturated rings. The SMILES string of the molecule is Nc1ccc2c(c1)[C@H](N)CO2. The van der Waals surface area contributed by atoms with E-state index in [2.05, 4.69) is 0 Å². The summed E-state index contributed by atoms with van der Waals surface area (Å²) in [5, 5.41) is 0. The van der Waals surface area contributed by atoms with Crippen LogP contribution in [0.2, 0.25) is 0 Å². The van der Waals surface area contributed by atoms with Crippen molar-refractivity contribution < 1.29 is 4.74 Å². The minimum atomic E-state index is -0.00602. The van der Waals surface area contributed by atoms with Gasteiger partial charge in [-0.15, -0.1) is 0 Å². The van der Waals surface area contributed by atoms with E-state index in [1.807, 2.05) is 18.2 Å². The highest BCUT2D eigenvalue weighted by Crippen LogP contribution is 2.31. The summed E-state index contributed by atoms with van der Waals surface area (Å²) < 4.78 is 5.29. The molecular formula is C8H10N2O. The normalized spacial score (nSPS) is 21.0. The summed E-state index contributed by atoms with van der Waals surface area (Å²) in [7, 11) is 0. The number of hydrogen-bond donors (Lipinski definition) is 2. The maximum Gasteiger partial charge on any atom is 0.124 e. The lowest BCUT2D eigenvalue weighted by molar-refractivity contribution is 0.333. The van der Waals surface area contributed by atoms with Crippen molar-refractivity contribution in [1.82, 2.24) is 0 Å². The third-order valence-electron chi connectivity index (χ3n) is 1.85. The first-order valence-electron chi connectivity index (χ1n) is 3.55. The zero-order valence-electron chi connectivity index (χ0n) is 6.08. The van der Waals surface area contributed by atoms with Crippen molar-refractivity contribution in [3.05, 3.63) is 23.8 Å². The average Bonchev–Trinajstić information content (AvgIpc) is 2.33. The van der Waals surface area contributed by atoms with E-state index in [1.165, 1.54) is 0 Å². The molecule has 0 amide bonds. The Bertz CT molecular complexity index is 285. The highest BCUT2D eigenvalue weighted by molar-refractivity contribution is 5.50. The summed E-state index contributed by atoms with van der Waals surface area (Å²) >= 11 is 0. The van der Waals surface area contributed by atoms with E-state index in [0.29, 0.717) is 6.61 Å². The van der Waals surface area contributed by atoms with Crippen LogP contribution in [0.4, 0.5) is 5.69 Å². The van der Waals surface area contributed by atoms with Crippen LogP contribution in [0.25, 0.3) is 0 Å². The van der Waals surface area contributed by atoms with Crippen molar-refractivity contribution in [3.63, 3.8) is 0 Å². The zero-order chi connectivity index (χ0) is 7.84. The predicted molar refractivity (Wildman–Crippen MR) is 43.3 cm³/mol. The molecule has 0 spiro atoms. The topological polar surface area (TPSA) is 61.3 Å². The van der Waals surface area contributed by atoms with Gasteiger partial charge in [0.15, 0.2) is 0 Å². The van der Waals surface area contributed by atoms with Crippen LogP contribution in [0.5, 0.6) is 5.75 Å². The Balaban J connectivity index is 2.52. The minimum absolute atomic E-state index is 0.00602. The number of nitrogen functional groups attached to an aromatic ring is 1. The van der Waals surface area contributed by atoms with E-state index in [-0.39, 0.29) is 6.04 Å². The van der Waals surface area contributed by atoms with E-state index in [4.69, 9.17) is 16.2 Å². The fraction of sp³-hybridized carbons (Fsp3) is 0.250. The Morgan fingerprint density at radius 1 is 1.45 bits per heavy atom. The molecule has 1 aliphatic heterocycles. The molecule has 0 unspecified atom stereocenters. The number of rotatable bonds is 0. The molecule has 3 nitrogen and oxygen atoms in total. The second-order valence-corrected chi connectivity index (χ2v) is 2.71. The first-order chi connectivity index (χ1) is 5.27. The first-order valence-corrected chi connectivity index (χ1v) is 3.55. The lowest BCUT2D eigenvalue weighted by Gasteiger charge is -2.00. The lowest BCUT2D eigenvalue weighted by Crippen LogP contribution is -2.10. The van der Waals surface area contributed by atoms with Gasteiger partial charge in [-0.3, -0.25) is 0 Å². The van der Waals surface area contributed by atoms with Gasteiger partial charge in [-0.2, -0.15) is 0 Å². The molecule has 1 heterocycles. The van der Waals surface area contributed by atoms with Gasteiger partial charge < -0.3 is 16.2 Å². The number of fused-ring (bicyclic) bond motifs is 1. The molecule has 1 aromatic rings. The minimum Gasteiger partial charge on any atom is -0.491 e. The molecule has 11 heavy (non-hydrogen) atoms. The van der Waals surface area contributed by atoms with E-state index in [9.17, 15) is 0 Å². The zero-order valence-corrected chi connectivity index (χ0v) is 6.08. The lowest BCUT2D eigenvalue weighted by atomic mass is 10.1. The van der Waals surface area contributed by atoms with Crippen LogP contribution < -0.4 is 16.2 Å². The standard InChI is InChI=1S/C8H10N2O/c9-5-1-2-8-6(3-5)7(10)4-11-8/h1-3,7H,4,9-10H2/t7-/m1/s1. The fourth-order valence-corrected chi connectivity index (χ4v) is 1.26. The smallest absolute Gasteiger partial charge is 0.124 e. The van der Waals surface area contributed by atoms with Gasteiger partial charge in [-0.05, 0) is 18.2 Å². The van der Waals surface area contributed by atoms with E-state index >= 15 is 0 Å². The number of benzene rings is 1. The second kappa shape index (κ2) is 2.13. The van der Waals surface area contributed by atoms with Crippen molar-refractivity contribution in [2.24, 2.45) is 5.73 Å². The molecule has 4 N–H and O–H groups in total. The van der Waals surface area contributed by atoms with Crippen LogP contribution in [0.15, 0.2) is 18.2 Å². The van der Waals surface area contributed by atoms with Crippen molar-refractivity contribution in [3.8, 4) is 5.75 Å². The Morgan fingerprint density at radius 3 is 3.09 bits per heavy atom. The van der Waals surface area contributed by atoms with Crippen LogP contribution in [0.1, 0.15) is 11.6 Å². The van der Waals surface area contributed by atoms with Crippen molar-refractivity contribution >= 4 is 5.69 Å². The summed E-state index contributed by atoms with van der Waals surface area (Å²) in [6.45, 7) is 0.568. The molecule has 1 atom stereocenters.